The molecule has 1 saturated carbocycles. The van der Waals surface area contributed by atoms with Crippen molar-refractivity contribution in [2.45, 2.75) is 24.8 Å². The van der Waals surface area contributed by atoms with E-state index in [1.165, 1.54) is 0 Å². The summed E-state index contributed by atoms with van der Waals surface area (Å²) in [7, 11) is 0. The molecule has 2 aromatic rings. The van der Waals surface area contributed by atoms with E-state index in [4.69, 9.17) is 9.47 Å². The first kappa shape index (κ1) is 14.1. The van der Waals surface area contributed by atoms with E-state index in [9.17, 15) is 4.79 Å². The second-order valence-corrected chi connectivity index (χ2v) is 6.11. The highest BCUT2D eigenvalue weighted by Crippen LogP contribution is 2.48. The van der Waals surface area contributed by atoms with Gasteiger partial charge in [-0.05, 0) is 36.1 Å². The first-order valence-corrected chi connectivity index (χ1v) is 8.00. The fourth-order valence-corrected chi connectivity index (χ4v) is 3.08. The van der Waals surface area contributed by atoms with Crippen molar-refractivity contribution in [3.05, 3.63) is 59.7 Å². The predicted octanol–water partition coefficient (Wildman–Crippen LogP) is 2.81. The van der Waals surface area contributed by atoms with Crippen LogP contribution in [0.25, 0.3) is 0 Å². The van der Waals surface area contributed by atoms with Crippen LogP contribution >= 0.6 is 0 Å². The van der Waals surface area contributed by atoms with Gasteiger partial charge in [0.15, 0.2) is 11.5 Å². The Labute approximate surface area is 135 Å². The molecule has 118 valence electrons. The summed E-state index contributed by atoms with van der Waals surface area (Å²) in [6, 6.07) is 15.8. The zero-order chi connectivity index (χ0) is 15.7. The van der Waals surface area contributed by atoms with E-state index in [-0.39, 0.29) is 11.3 Å². The maximum absolute atomic E-state index is 12.6. The van der Waals surface area contributed by atoms with E-state index >= 15 is 0 Å². The average Bonchev–Trinajstić information content (AvgIpc) is 3.42. The molecule has 1 amide bonds. The second-order valence-electron chi connectivity index (χ2n) is 6.11. The third-order valence-corrected chi connectivity index (χ3v) is 4.57. The van der Waals surface area contributed by atoms with Crippen LogP contribution in [0.2, 0.25) is 0 Å². The van der Waals surface area contributed by atoms with Gasteiger partial charge in [-0.3, -0.25) is 4.79 Å². The zero-order valence-electron chi connectivity index (χ0n) is 12.9. The van der Waals surface area contributed by atoms with Gasteiger partial charge < -0.3 is 14.8 Å². The molecule has 1 fully saturated rings. The van der Waals surface area contributed by atoms with Crippen LogP contribution in [0.15, 0.2) is 48.5 Å². The lowest BCUT2D eigenvalue weighted by Crippen LogP contribution is -2.34. The molecular formula is C19H19NO3. The number of hydrogen-bond acceptors (Lipinski definition) is 3. The van der Waals surface area contributed by atoms with Crippen LogP contribution in [0.5, 0.6) is 11.5 Å². The molecule has 0 radical (unpaired) electrons. The highest BCUT2D eigenvalue weighted by Gasteiger charge is 2.50. The molecule has 0 aromatic heterocycles. The van der Waals surface area contributed by atoms with Crippen molar-refractivity contribution in [2.24, 2.45) is 0 Å². The van der Waals surface area contributed by atoms with Gasteiger partial charge in [0.05, 0.1) is 5.41 Å². The largest absolute Gasteiger partial charge is 0.486 e. The van der Waals surface area contributed by atoms with Gasteiger partial charge in [-0.25, -0.2) is 0 Å². The number of fused-ring (bicyclic) bond motifs is 1. The molecule has 4 nitrogen and oxygen atoms in total. The van der Waals surface area contributed by atoms with Crippen LogP contribution in [0.4, 0.5) is 0 Å². The van der Waals surface area contributed by atoms with Crippen molar-refractivity contribution in [2.75, 3.05) is 13.2 Å². The zero-order valence-corrected chi connectivity index (χ0v) is 12.9. The summed E-state index contributed by atoms with van der Waals surface area (Å²) in [5.74, 6) is 1.64. The van der Waals surface area contributed by atoms with Crippen LogP contribution in [0.1, 0.15) is 24.0 Å². The van der Waals surface area contributed by atoms with Gasteiger partial charge in [-0.2, -0.15) is 0 Å². The third kappa shape index (κ3) is 2.65. The van der Waals surface area contributed by atoms with Crippen molar-refractivity contribution in [1.82, 2.24) is 5.32 Å². The summed E-state index contributed by atoms with van der Waals surface area (Å²) >= 11 is 0. The molecular weight excluding hydrogens is 290 g/mol. The van der Waals surface area contributed by atoms with E-state index in [0.717, 1.165) is 35.5 Å². The lowest BCUT2D eigenvalue weighted by atomic mass is 9.95. The molecule has 0 unspecified atom stereocenters. The normalized spacial score (nSPS) is 17.4. The van der Waals surface area contributed by atoms with Crippen molar-refractivity contribution in [3.63, 3.8) is 0 Å². The smallest absolute Gasteiger partial charge is 0.230 e. The van der Waals surface area contributed by atoms with E-state index < -0.39 is 0 Å². The quantitative estimate of drug-likeness (QED) is 0.945. The Hall–Kier alpha value is -2.49. The molecule has 2 aliphatic rings. The van der Waals surface area contributed by atoms with E-state index in [2.05, 4.69) is 5.32 Å². The number of rotatable bonds is 4. The summed E-state index contributed by atoms with van der Waals surface area (Å²) in [5.41, 5.74) is 1.81. The van der Waals surface area contributed by atoms with Gasteiger partial charge in [-0.1, -0.05) is 36.4 Å². The maximum Gasteiger partial charge on any atom is 0.230 e. The minimum atomic E-state index is -0.324. The van der Waals surface area contributed by atoms with Gasteiger partial charge in [0.1, 0.15) is 13.2 Å². The minimum absolute atomic E-state index is 0.110. The number of hydrogen-bond donors (Lipinski definition) is 1. The van der Waals surface area contributed by atoms with Crippen LogP contribution in [0, 0.1) is 0 Å². The topological polar surface area (TPSA) is 47.6 Å². The number of carbonyl (C=O) groups is 1. The van der Waals surface area contributed by atoms with Crippen LogP contribution in [0.3, 0.4) is 0 Å². The Morgan fingerprint density at radius 1 is 1.00 bits per heavy atom. The van der Waals surface area contributed by atoms with Gasteiger partial charge in [0, 0.05) is 6.54 Å². The highest BCUT2D eigenvalue weighted by molar-refractivity contribution is 5.91. The Morgan fingerprint density at radius 3 is 2.48 bits per heavy atom. The SMILES string of the molecule is O=C(NCc1ccc2c(c1)OCCO2)C1(c2ccccc2)CC1. The van der Waals surface area contributed by atoms with Gasteiger partial charge in [0.2, 0.25) is 5.91 Å². The number of carbonyl (C=O) groups excluding carboxylic acids is 1. The van der Waals surface area contributed by atoms with Crippen molar-refractivity contribution in [3.8, 4) is 11.5 Å². The Kier molecular flexibility index (Phi) is 3.45. The van der Waals surface area contributed by atoms with Crippen molar-refractivity contribution < 1.29 is 14.3 Å². The molecule has 1 heterocycles. The fraction of sp³-hybridized carbons (Fsp3) is 0.316. The van der Waals surface area contributed by atoms with Gasteiger partial charge in [-0.15, -0.1) is 0 Å². The van der Waals surface area contributed by atoms with Gasteiger partial charge >= 0.3 is 0 Å². The maximum atomic E-state index is 12.6. The standard InChI is InChI=1S/C19H19NO3/c21-18(19(8-9-19)15-4-2-1-3-5-15)20-13-14-6-7-16-17(12-14)23-11-10-22-16/h1-7,12H,8-11,13H2,(H,20,21). The Morgan fingerprint density at radius 2 is 1.74 bits per heavy atom. The molecule has 23 heavy (non-hydrogen) atoms. The van der Waals surface area contributed by atoms with Crippen LogP contribution in [-0.4, -0.2) is 19.1 Å². The van der Waals surface area contributed by atoms with Crippen LogP contribution < -0.4 is 14.8 Å². The molecule has 4 rings (SSSR count). The number of ether oxygens (including phenoxy) is 2. The summed E-state index contributed by atoms with van der Waals surface area (Å²) in [6.07, 6.45) is 1.84. The minimum Gasteiger partial charge on any atom is -0.486 e. The summed E-state index contributed by atoms with van der Waals surface area (Å²) < 4.78 is 11.1. The van der Waals surface area contributed by atoms with Crippen molar-refractivity contribution in [1.29, 1.82) is 0 Å². The molecule has 1 aliphatic carbocycles. The first-order chi connectivity index (χ1) is 11.3. The average molecular weight is 309 g/mol. The highest BCUT2D eigenvalue weighted by atomic mass is 16.6. The Bertz CT molecular complexity index is 723. The fourth-order valence-electron chi connectivity index (χ4n) is 3.08. The molecule has 0 spiro atoms. The molecule has 2 aromatic carbocycles. The molecule has 0 bridgehead atoms. The number of benzene rings is 2. The molecule has 0 atom stereocenters. The number of amides is 1. The molecule has 0 saturated heterocycles. The monoisotopic (exact) mass is 309 g/mol. The molecule has 4 heteroatoms. The summed E-state index contributed by atoms with van der Waals surface area (Å²) in [6.45, 7) is 1.66. The van der Waals surface area contributed by atoms with E-state index in [1.54, 1.807) is 0 Å². The second kappa shape index (κ2) is 5.61. The Balaban J connectivity index is 1.44. The van der Waals surface area contributed by atoms with E-state index in [1.807, 2.05) is 48.5 Å². The predicted molar refractivity (Wildman–Crippen MR) is 86.6 cm³/mol. The summed E-state index contributed by atoms with van der Waals surface area (Å²) in [4.78, 5) is 12.6. The lowest BCUT2D eigenvalue weighted by molar-refractivity contribution is -0.123. The molecule has 1 aliphatic heterocycles. The van der Waals surface area contributed by atoms with Crippen molar-refractivity contribution >= 4 is 5.91 Å². The van der Waals surface area contributed by atoms with Crippen LogP contribution in [-0.2, 0) is 16.8 Å². The lowest BCUT2D eigenvalue weighted by Gasteiger charge is -2.19. The third-order valence-electron chi connectivity index (χ3n) is 4.57. The molecule has 1 N–H and O–H groups in total. The first-order valence-electron chi connectivity index (χ1n) is 8.00. The van der Waals surface area contributed by atoms with Gasteiger partial charge in [0.25, 0.3) is 0 Å². The summed E-state index contributed by atoms with van der Waals surface area (Å²) in [5, 5.41) is 3.07. The number of nitrogens with one attached hydrogen (secondary N) is 1. The van der Waals surface area contributed by atoms with E-state index in [0.29, 0.717) is 19.8 Å².